The van der Waals surface area contributed by atoms with E-state index in [2.05, 4.69) is 42.4 Å². The summed E-state index contributed by atoms with van der Waals surface area (Å²) in [5.74, 6) is -0.104. The number of aromatic amines is 1. The topological polar surface area (TPSA) is 136 Å². The molecule has 0 spiro atoms. The van der Waals surface area contributed by atoms with Crippen molar-refractivity contribution < 1.29 is 27.9 Å². The number of anilines is 3. The molecule has 2 aromatic heterocycles. The van der Waals surface area contributed by atoms with Gasteiger partial charge in [0, 0.05) is 79.6 Å². The third-order valence-corrected chi connectivity index (χ3v) is 8.44. The lowest BCUT2D eigenvalue weighted by Gasteiger charge is -2.38. The molecule has 0 aliphatic carbocycles. The van der Waals surface area contributed by atoms with Gasteiger partial charge in [-0.1, -0.05) is 12.1 Å². The van der Waals surface area contributed by atoms with Crippen LogP contribution in [-0.4, -0.2) is 76.2 Å². The molecular formula is C33H33ClF2N8O4. The van der Waals surface area contributed by atoms with E-state index in [9.17, 15) is 23.2 Å². The maximum Gasteiger partial charge on any atom is 0.487 e. The number of imide groups is 1. The number of rotatable bonds is 10. The van der Waals surface area contributed by atoms with Gasteiger partial charge in [-0.15, -0.1) is 8.78 Å². The van der Waals surface area contributed by atoms with Crippen LogP contribution in [0.1, 0.15) is 35.2 Å². The van der Waals surface area contributed by atoms with E-state index in [1.807, 2.05) is 30.3 Å². The molecule has 15 heteroatoms. The number of H-pyrrole nitrogens is 1. The van der Waals surface area contributed by atoms with Crippen molar-refractivity contribution in [1.82, 2.24) is 25.4 Å². The molecule has 12 nitrogen and oxygen atoms in total. The van der Waals surface area contributed by atoms with Crippen LogP contribution in [0.3, 0.4) is 0 Å². The van der Waals surface area contributed by atoms with Crippen LogP contribution in [-0.2, 0) is 11.3 Å². The van der Waals surface area contributed by atoms with Gasteiger partial charge in [0.25, 0.3) is 5.91 Å². The quantitative estimate of drug-likeness (QED) is 0.189. The molecule has 4 aromatic rings. The van der Waals surface area contributed by atoms with Crippen molar-refractivity contribution in [3.8, 4) is 17.0 Å². The van der Waals surface area contributed by atoms with Gasteiger partial charge >= 0.3 is 11.6 Å². The summed E-state index contributed by atoms with van der Waals surface area (Å²) in [5, 5.41) is 12.2. The summed E-state index contributed by atoms with van der Waals surface area (Å²) >= 11 is 4.82. The summed E-state index contributed by atoms with van der Waals surface area (Å²) in [5.41, 5.74) is 0.114. The average Bonchev–Trinajstić information content (AvgIpc) is 3.60. The van der Waals surface area contributed by atoms with Gasteiger partial charge in [-0.3, -0.25) is 29.8 Å². The van der Waals surface area contributed by atoms with Gasteiger partial charge < -0.3 is 15.0 Å². The van der Waals surface area contributed by atoms with Gasteiger partial charge in [0.15, 0.2) is 0 Å². The monoisotopic (exact) mass is 678 g/mol. The minimum Gasteiger partial charge on any atom is -0.420 e. The van der Waals surface area contributed by atoms with E-state index in [4.69, 9.17) is 16.6 Å². The van der Waals surface area contributed by atoms with Crippen LogP contribution in [0.15, 0.2) is 73.1 Å². The maximum atomic E-state index is 13.1. The van der Waals surface area contributed by atoms with E-state index in [1.165, 1.54) is 30.5 Å². The zero-order chi connectivity index (χ0) is 33.8. The van der Waals surface area contributed by atoms with E-state index in [0.717, 1.165) is 48.6 Å². The number of carbonyl (C=O) groups is 3. The number of aromatic nitrogens is 3. The van der Waals surface area contributed by atoms with Crippen molar-refractivity contribution in [2.45, 2.75) is 37.4 Å². The smallest absolute Gasteiger partial charge is 0.420 e. The summed E-state index contributed by atoms with van der Waals surface area (Å²) in [6.07, 6.45) is 5.19. The van der Waals surface area contributed by atoms with Crippen LogP contribution in [0.25, 0.3) is 11.3 Å². The van der Waals surface area contributed by atoms with Crippen molar-refractivity contribution >= 4 is 46.6 Å². The van der Waals surface area contributed by atoms with Crippen molar-refractivity contribution in [2.24, 2.45) is 0 Å². The highest BCUT2D eigenvalue weighted by atomic mass is 35.5. The summed E-state index contributed by atoms with van der Waals surface area (Å²) in [7, 11) is 2.09. The first-order valence-corrected chi connectivity index (χ1v) is 15.7. The summed E-state index contributed by atoms with van der Waals surface area (Å²) in [6.45, 7) is 2.54. The molecule has 4 heterocycles. The Kier molecular flexibility index (Phi) is 9.55. The highest BCUT2D eigenvalue weighted by molar-refractivity contribution is 6.20. The standard InChI is InChI=1S/C33H33ClF2N8O4/c1-42(20-21-3-2-4-25(17-21)44-16-12-29(45)40-32(44)47)24-10-14-43(15-11-24)30-27(28-9-13-38-41-28)18-22(19-37-30)31(46)39-23-5-7-26(8-6-23)48-33(34,35)36/h2-9,13,17-19,24H,10-12,14-16,20H2,1H3,(H,38,41)(H,39,46)(H,40,45,47). The molecule has 0 radical (unpaired) electrons. The van der Waals surface area contributed by atoms with Gasteiger partial charge in [-0.05, 0) is 74.0 Å². The number of carbonyl (C=O) groups excluding carboxylic acids is 3. The van der Waals surface area contributed by atoms with Crippen LogP contribution in [0.5, 0.6) is 5.75 Å². The molecule has 2 fully saturated rings. The number of hydrogen-bond donors (Lipinski definition) is 3. The van der Waals surface area contributed by atoms with E-state index in [0.29, 0.717) is 36.1 Å². The third kappa shape index (κ3) is 7.89. The number of pyridine rings is 1. The van der Waals surface area contributed by atoms with E-state index < -0.39 is 17.5 Å². The van der Waals surface area contributed by atoms with Crippen LogP contribution in [0.4, 0.5) is 30.8 Å². The summed E-state index contributed by atoms with van der Waals surface area (Å²) in [4.78, 5) is 47.8. The molecule has 0 saturated carbocycles. The Morgan fingerprint density at radius 1 is 1.10 bits per heavy atom. The molecule has 2 aromatic carbocycles. The van der Waals surface area contributed by atoms with Crippen molar-refractivity contribution in [3.05, 3.63) is 84.2 Å². The Morgan fingerprint density at radius 2 is 1.88 bits per heavy atom. The van der Waals surface area contributed by atoms with E-state index in [-0.39, 0.29) is 18.1 Å². The number of urea groups is 1. The predicted octanol–water partition coefficient (Wildman–Crippen LogP) is 5.44. The molecule has 250 valence electrons. The number of nitrogens with one attached hydrogen (secondary N) is 3. The zero-order valence-electron chi connectivity index (χ0n) is 26.0. The highest BCUT2D eigenvalue weighted by Gasteiger charge is 2.29. The zero-order valence-corrected chi connectivity index (χ0v) is 26.7. The number of alkyl halides is 3. The number of halogens is 3. The second kappa shape index (κ2) is 14.0. The highest BCUT2D eigenvalue weighted by Crippen LogP contribution is 2.32. The first kappa shape index (κ1) is 32.8. The molecule has 2 aliphatic rings. The molecule has 0 unspecified atom stereocenters. The fourth-order valence-electron chi connectivity index (χ4n) is 5.95. The largest absolute Gasteiger partial charge is 0.487 e. The summed E-state index contributed by atoms with van der Waals surface area (Å²) < 4.78 is 30.2. The lowest BCUT2D eigenvalue weighted by Crippen LogP contribution is -2.49. The SMILES string of the molecule is CN(Cc1cccc(N2CCC(=O)NC2=O)c1)C1CCN(c2ncc(C(=O)Nc3ccc(OC(F)(F)Cl)cc3)cc2-c2ccn[nH]2)CC1. The Labute approximate surface area is 280 Å². The Bertz CT molecular complexity index is 1780. The van der Waals surface area contributed by atoms with Gasteiger partial charge in [0.05, 0.1) is 11.3 Å². The van der Waals surface area contributed by atoms with Gasteiger partial charge in [0.2, 0.25) is 5.91 Å². The van der Waals surface area contributed by atoms with E-state index in [1.54, 1.807) is 17.2 Å². The summed E-state index contributed by atoms with van der Waals surface area (Å²) in [6, 6.07) is 16.7. The van der Waals surface area contributed by atoms with Crippen molar-refractivity contribution in [1.29, 1.82) is 0 Å². The normalized spacial score (nSPS) is 15.9. The minimum atomic E-state index is -3.83. The average molecular weight is 679 g/mol. The Balaban J connectivity index is 1.10. The lowest BCUT2D eigenvalue weighted by molar-refractivity contribution is -0.120. The first-order valence-electron chi connectivity index (χ1n) is 15.3. The number of hydrogen-bond acceptors (Lipinski definition) is 8. The number of amides is 4. The van der Waals surface area contributed by atoms with Crippen LogP contribution < -0.4 is 25.2 Å². The maximum absolute atomic E-state index is 13.1. The predicted molar refractivity (Wildman–Crippen MR) is 176 cm³/mol. The fourth-order valence-corrected chi connectivity index (χ4v) is 6.04. The molecule has 0 bridgehead atoms. The van der Waals surface area contributed by atoms with Gasteiger partial charge in [0.1, 0.15) is 11.6 Å². The number of nitrogens with zero attached hydrogens (tertiary/aromatic N) is 5. The molecule has 2 saturated heterocycles. The lowest BCUT2D eigenvalue weighted by atomic mass is 10.0. The van der Waals surface area contributed by atoms with E-state index >= 15 is 0 Å². The van der Waals surface area contributed by atoms with Crippen LogP contribution in [0, 0.1) is 0 Å². The number of benzene rings is 2. The third-order valence-electron chi connectivity index (χ3n) is 8.36. The van der Waals surface area contributed by atoms with Crippen molar-refractivity contribution in [3.63, 3.8) is 0 Å². The second-order valence-corrected chi connectivity index (χ2v) is 12.1. The molecule has 0 atom stereocenters. The molecule has 6 rings (SSSR count). The van der Waals surface area contributed by atoms with Crippen LogP contribution in [0.2, 0.25) is 0 Å². The van der Waals surface area contributed by atoms with Gasteiger partial charge in [-0.25, -0.2) is 9.78 Å². The molecule has 2 aliphatic heterocycles. The van der Waals surface area contributed by atoms with Gasteiger partial charge in [-0.2, -0.15) is 5.10 Å². The molecule has 3 N–H and O–H groups in total. The van der Waals surface area contributed by atoms with Crippen LogP contribution >= 0.6 is 11.6 Å². The first-order chi connectivity index (χ1) is 23.0. The molecule has 48 heavy (non-hydrogen) atoms. The Hall–Kier alpha value is -5.08. The number of ether oxygens (including phenoxy) is 1. The Morgan fingerprint density at radius 3 is 2.56 bits per heavy atom. The minimum absolute atomic E-state index is 0.146. The molecular weight excluding hydrogens is 646 g/mol. The molecule has 4 amide bonds. The number of piperidine rings is 1. The van der Waals surface area contributed by atoms with Crippen molar-refractivity contribution in [2.75, 3.05) is 41.8 Å². The second-order valence-electron chi connectivity index (χ2n) is 11.6. The fraction of sp³-hybridized carbons (Fsp3) is 0.303.